The van der Waals surface area contributed by atoms with Gasteiger partial charge in [0.1, 0.15) is 39.4 Å². The topological polar surface area (TPSA) is 13.0 Å². The smallest absolute Gasteiger partial charge is 0.146 e. The molecule has 12 heavy (non-hydrogen) atoms. The maximum Gasteiger partial charge on any atom is 0.146 e. The Bertz CT molecular complexity index is 99.0. The van der Waals surface area contributed by atoms with E-state index in [4.69, 9.17) is 0 Å². The molecule has 1 fully saturated rings. The molecular weight excluding hydrogens is 281 g/mol. The average Bonchev–Trinajstić information content (AvgIpc) is 1.81. The molecular formula is H20N4Si8. The van der Waals surface area contributed by atoms with E-state index in [0.29, 0.717) is 0 Å². The molecule has 0 aromatic heterocycles. The van der Waals surface area contributed by atoms with Crippen LogP contribution in [0.15, 0.2) is 0 Å². The Kier molecular flexibility index (Phi) is 5.29. The summed E-state index contributed by atoms with van der Waals surface area (Å²) in [6.45, 7) is 0. The van der Waals surface area contributed by atoms with Gasteiger partial charge in [0.05, 0.1) is 41.6 Å². The molecule has 0 N–H and O–H groups in total. The van der Waals surface area contributed by atoms with Crippen molar-refractivity contribution in [3.05, 3.63) is 0 Å². The van der Waals surface area contributed by atoms with Crippen molar-refractivity contribution >= 4 is 81.0 Å². The third kappa shape index (κ3) is 4.19. The maximum absolute atomic E-state index is 2.88. The van der Waals surface area contributed by atoms with Crippen molar-refractivity contribution in [2.75, 3.05) is 0 Å². The van der Waals surface area contributed by atoms with Crippen molar-refractivity contribution in [3.63, 3.8) is 0 Å². The maximum atomic E-state index is 2.88. The zero-order valence-electron chi connectivity index (χ0n) is 8.62. The fourth-order valence-electron chi connectivity index (χ4n) is 1.83. The van der Waals surface area contributed by atoms with Gasteiger partial charge < -0.3 is 15.6 Å². The molecule has 1 aliphatic heterocycles. The van der Waals surface area contributed by atoms with Gasteiger partial charge in [-0.25, -0.2) is 0 Å². The molecule has 0 radical (unpaired) electrons. The first-order valence-electron chi connectivity index (χ1n) is 4.32. The molecule has 0 unspecified atom stereocenters. The lowest BCUT2D eigenvalue weighted by Gasteiger charge is -2.37. The molecule has 1 aliphatic rings. The van der Waals surface area contributed by atoms with Crippen LogP contribution >= 0.6 is 0 Å². The molecule has 0 spiro atoms. The zero-order chi connectivity index (χ0) is 9.14. The predicted octanol–water partition coefficient (Wildman–Crippen LogP) is -9.68. The summed E-state index contributed by atoms with van der Waals surface area (Å²) in [4.78, 5) is 0. The van der Waals surface area contributed by atoms with Gasteiger partial charge in [-0.2, -0.15) is 0 Å². The Balaban J connectivity index is 2.45. The Morgan fingerprint density at radius 2 is 0.667 bits per heavy atom. The number of hydrogen-bond donors (Lipinski definition) is 0. The largest absolute Gasteiger partial charge is 0.363 e. The summed E-state index contributed by atoms with van der Waals surface area (Å²) in [6.07, 6.45) is 0. The molecule has 72 valence electrons. The molecule has 0 aliphatic carbocycles. The summed E-state index contributed by atoms with van der Waals surface area (Å²) in [6, 6.07) is 0. The monoisotopic (exact) mass is 300 g/mol. The van der Waals surface area contributed by atoms with Crippen LogP contribution in [0.2, 0.25) is 0 Å². The van der Waals surface area contributed by atoms with Gasteiger partial charge in [-0.1, -0.05) is 0 Å². The fraction of sp³-hybridized carbons (Fsp3) is 0. The number of hydrogen-bond acceptors (Lipinski definition) is 4. The van der Waals surface area contributed by atoms with Gasteiger partial charge in [-0.15, -0.1) is 0 Å². The van der Waals surface area contributed by atoms with Crippen LogP contribution in [0, 0.1) is 0 Å². The van der Waals surface area contributed by atoms with Crippen LogP contribution in [0.4, 0.5) is 0 Å². The van der Waals surface area contributed by atoms with Crippen LogP contribution in [0.3, 0.4) is 0 Å². The summed E-state index contributed by atoms with van der Waals surface area (Å²) < 4.78 is 11.5. The van der Waals surface area contributed by atoms with E-state index in [-0.39, 0.29) is 39.4 Å². The van der Waals surface area contributed by atoms with Gasteiger partial charge in [-0.3, -0.25) is 0 Å². The minimum absolute atomic E-state index is 0.134. The van der Waals surface area contributed by atoms with E-state index >= 15 is 0 Å². The second-order valence-electron chi connectivity index (χ2n) is 3.99. The van der Waals surface area contributed by atoms with Crippen molar-refractivity contribution in [1.82, 2.24) is 15.6 Å². The Hall–Kier alpha value is 1.58. The van der Waals surface area contributed by atoms with Crippen molar-refractivity contribution < 1.29 is 0 Å². The molecule has 0 atom stereocenters. The number of rotatable bonds is 0. The minimum atomic E-state index is 0.134. The lowest BCUT2D eigenvalue weighted by molar-refractivity contribution is 0.826. The van der Waals surface area contributed by atoms with Gasteiger partial charge in [0.2, 0.25) is 0 Å². The molecule has 12 heteroatoms. The highest BCUT2D eigenvalue weighted by Crippen LogP contribution is 1.89. The second kappa shape index (κ2) is 5.45. The van der Waals surface area contributed by atoms with E-state index in [0.717, 1.165) is 0 Å². The SMILES string of the molecule is [SiH3]N1[SiH2]N([SiH3])[SiH2]N([SiH3])[SiH2]N([SiH3])[SiH2]1. The third-order valence-electron chi connectivity index (χ3n) is 1.93. The zero-order valence-corrected chi connectivity index (χ0v) is 22.3. The van der Waals surface area contributed by atoms with E-state index in [1.807, 2.05) is 0 Å². The van der Waals surface area contributed by atoms with Crippen LogP contribution < -0.4 is 0 Å². The first-order valence-corrected chi connectivity index (χ1v) is 13.0. The lowest BCUT2D eigenvalue weighted by atomic mass is 13.7. The number of nitrogens with zero attached hydrogens (tertiary/aromatic N) is 4. The van der Waals surface area contributed by atoms with E-state index in [9.17, 15) is 0 Å². The van der Waals surface area contributed by atoms with E-state index < -0.39 is 0 Å². The van der Waals surface area contributed by atoms with Crippen molar-refractivity contribution in [1.29, 1.82) is 0 Å². The predicted molar refractivity (Wildman–Crippen MR) is 81.3 cm³/mol. The molecule has 0 saturated carbocycles. The summed E-state index contributed by atoms with van der Waals surface area (Å²) >= 11 is 0. The van der Waals surface area contributed by atoms with Gasteiger partial charge in [-0.05, 0) is 0 Å². The molecule has 1 heterocycles. The molecule has 0 amide bonds. The quantitative estimate of drug-likeness (QED) is 0.412. The van der Waals surface area contributed by atoms with Gasteiger partial charge in [0, 0.05) is 0 Å². The first kappa shape index (κ1) is 11.6. The van der Waals surface area contributed by atoms with Crippen molar-refractivity contribution in [2.45, 2.75) is 0 Å². The van der Waals surface area contributed by atoms with Gasteiger partial charge in [0.15, 0.2) is 0 Å². The highest BCUT2D eigenvalue weighted by Gasteiger charge is 2.14. The fourth-order valence-corrected chi connectivity index (χ4v) is 46.1. The molecule has 4 nitrogen and oxygen atoms in total. The molecule has 1 rings (SSSR count). The van der Waals surface area contributed by atoms with Gasteiger partial charge >= 0.3 is 0 Å². The van der Waals surface area contributed by atoms with Crippen LogP contribution in [0.5, 0.6) is 0 Å². The van der Waals surface area contributed by atoms with Crippen LogP contribution in [-0.4, -0.2) is 96.6 Å². The summed E-state index contributed by atoms with van der Waals surface area (Å²) in [5, 5.41) is 0. The van der Waals surface area contributed by atoms with E-state index in [1.54, 1.807) is 0 Å². The third-order valence-corrected chi connectivity index (χ3v) is 17.4. The molecule has 0 bridgehead atoms. The van der Waals surface area contributed by atoms with Crippen LogP contribution in [0.25, 0.3) is 0 Å². The normalized spacial score (nSPS) is 36.0. The van der Waals surface area contributed by atoms with E-state index in [1.165, 1.54) is 41.6 Å². The lowest BCUT2D eigenvalue weighted by Crippen LogP contribution is -2.58. The van der Waals surface area contributed by atoms with Crippen LogP contribution in [-0.2, 0) is 0 Å². The highest BCUT2D eigenvalue weighted by atomic mass is 28.4. The highest BCUT2D eigenvalue weighted by molar-refractivity contribution is 6.78. The Morgan fingerprint density at radius 1 is 0.500 bits per heavy atom. The first-order chi connectivity index (χ1) is 5.58. The summed E-state index contributed by atoms with van der Waals surface area (Å²) in [5.74, 6) is 0. The van der Waals surface area contributed by atoms with Crippen molar-refractivity contribution in [2.24, 2.45) is 0 Å². The molecule has 1 saturated heterocycles. The van der Waals surface area contributed by atoms with E-state index in [2.05, 4.69) is 15.6 Å². The van der Waals surface area contributed by atoms with Gasteiger partial charge in [0.25, 0.3) is 0 Å². The van der Waals surface area contributed by atoms with Crippen LogP contribution in [0.1, 0.15) is 0 Å². The average molecular weight is 301 g/mol. The summed E-state index contributed by atoms with van der Waals surface area (Å²) in [7, 11) is 6.02. The minimum Gasteiger partial charge on any atom is -0.363 e. The molecule has 0 aromatic rings. The summed E-state index contributed by atoms with van der Waals surface area (Å²) in [5.41, 5.74) is 0. The Morgan fingerprint density at radius 3 is 0.833 bits per heavy atom. The second-order valence-corrected chi connectivity index (χ2v) is 32.5. The molecule has 0 aromatic carbocycles. The Labute approximate surface area is 96.3 Å². The standard InChI is InChI=1S/H20N4Si8/c5-1-9-2(6)11-4(8)12-3(7)10-1/h9-12H2,5-8H3. The van der Waals surface area contributed by atoms with Crippen molar-refractivity contribution in [3.8, 4) is 0 Å².